The van der Waals surface area contributed by atoms with Crippen LogP contribution < -0.4 is 10.5 Å². The molecule has 2 aromatic rings. The van der Waals surface area contributed by atoms with Crippen LogP contribution in [0.2, 0.25) is 0 Å². The first kappa shape index (κ1) is 15.8. The molecule has 0 saturated heterocycles. The lowest BCUT2D eigenvalue weighted by atomic mass is 10.2. The largest absolute Gasteiger partial charge is 0.398 e. The molecule has 3 N–H and O–H groups in total. The standard InChI is InChI=1S/C14H14BrFN2O2S/c1-8-3-4-11(16)13(5-8)18-21(19,20)14-7-10(15)6-12(17)9(14)2/h3-7,18H,17H2,1-2H3. The zero-order chi connectivity index (χ0) is 15.8. The Bertz CT molecular complexity index is 807. The van der Waals surface area contributed by atoms with Crippen molar-refractivity contribution in [1.82, 2.24) is 0 Å². The molecule has 0 saturated carbocycles. The average molecular weight is 373 g/mol. The molecule has 0 unspecified atom stereocenters. The number of hydrogen-bond acceptors (Lipinski definition) is 3. The molecule has 2 rings (SSSR count). The van der Waals surface area contributed by atoms with Crippen LogP contribution in [0.3, 0.4) is 0 Å². The first-order valence-electron chi connectivity index (χ1n) is 6.05. The van der Waals surface area contributed by atoms with Gasteiger partial charge in [-0.15, -0.1) is 0 Å². The minimum atomic E-state index is -3.93. The number of nitrogens with one attached hydrogen (secondary N) is 1. The quantitative estimate of drug-likeness (QED) is 0.808. The van der Waals surface area contributed by atoms with Crippen molar-refractivity contribution in [3.8, 4) is 0 Å². The van der Waals surface area contributed by atoms with Crippen molar-refractivity contribution in [2.24, 2.45) is 0 Å². The summed E-state index contributed by atoms with van der Waals surface area (Å²) >= 11 is 3.20. The van der Waals surface area contributed by atoms with Crippen LogP contribution in [0.4, 0.5) is 15.8 Å². The lowest BCUT2D eigenvalue weighted by molar-refractivity contribution is 0.598. The maximum absolute atomic E-state index is 13.7. The fourth-order valence-corrected chi connectivity index (χ4v) is 3.86. The third kappa shape index (κ3) is 3.36. The maximum atomic E-state index is 13.7. The van der Waals surface area contributed by atoms with E-state index in [4.69, 9.17) is 5.73 Å². The molecule has 0 heterocycles. The van der Waals surface area contributed by atoms with Crippen molar-refractivity contribution in [3.63, 3.8) is 0 Å². The number of nitrogens with two attached hydrogens (primary N) is 1. The van der Waals surface area contributed by atoms with Crippen molar-refractivity contribution in [1.29, 1.82) is 0 Å². The van der Waals surface area contributed by atoms with E-state index in [0.29, 0.717) is 15.7 Å². The van der Waals surface area contributed by atoms with E-state index in [9.17, 15) is 12.8 Å². The minimum absolute atomic E-state index is 0.00952. The zero-order valence-corrected chi connectivity index (χ0v) is 13.8. The highest BCUT2D eigenvalue weighted by Crippen LogP contribution is 2.28. The molecule has 0 fully saturated rings. The molecule has 112 valence electrons. The van der Waals surface area contributed by atoms with Crippen LogP contribution in [0.15, 0.2) is 39.7 Å². The molecule has 21 heavy (non-hydrogen) atoms. The average Bonchev–Trinajstić information content (AvgIpc) is 2.37. The summed E-state index contributed by atoms with van der Waals surface area (Å²) in [5.41, 5.74) is 7.19. The van der Waals surface area contributed by atoms with Gasteiger partial charge in [0, 0.05) is 10.2 Å². The molecule has 0 aliphatic heterocycles. The van der Waals surface area contributed by atoms with E-state index in [1.807, 2.05) is 0 Å². The molecular weight excluding hydrogens is 359 g/mol. The second kappa shape index (κ2) is 5.65. The SMILES string of the molecule is Cc1ccc(F)c(NS(=O)(=O)c2cc(Br)cc(N)c2C)c1. The molecular formula is C14H14BrFN2O2S. The lowest BCUT2D eigenvalue weighted by Gasteiger charge is -2.13. The van der Waals surface area contributed by atoms with Crippen LogP contribution >= 0.6 is 15.9 Å². The molecule has 0 bridgehead atoms. The van der Waals surface area contributed by atoms with E-state index >= 15 is 0 Å². The Labute approximate surface area is 131 Å². The van der Waals surface area contributed by atoms with Gasteiger partial charge in [0.05, 0.1) is 10.6 Å². The first-order chi connectivity index (χ1) is 9.70. The van der Waals surface area contributed by atoms with Crippen molar-refractivity contribution in [2.45, 2.75) is 18.7 Å². The molecule has 4 nitrogen and oxygen atoms in total. The highest BCUT2D eigenvalue weighted by molar-refractivity contribution is 9.10. The summed E-state index contributed by atoms with van der Waals surface area (Å²) < 4.78 is 41.4. The number of nitrogen functional groups attached to an aromatic ring is 1. The number of aryl methyl sites for hydroxylation is 1. The third-order valence-corrected chi connectivity index (χ3v) is 4.97. The molecule has 2 aromatic carbocycles. The lowest BCUT2D eigenvalue weighted by Crippen LogP contribution is -2.16. The van der Waals surface area contributed by atoms with E-state index in [-0.39, 0.29) is 10.6 Å². The van der Waals surface area contributed by atoms with Gasteiger partial charge in [-0.2, -0.15) is 0 Å². The Morgan fingerprint density at radius 2 is 1.86 bits per heavy atom. The zero-order valence-electron chi connectivity index (χ0n) is 11.4. The van der Waals surface area contributed by atoms with E-state index in [1.165, 1.54) is 18.2 Å². The number of hydrogen-bond donors (Lipinski definition) is 2. The topological polar surface area (TPSA) is 72.2 Å². The molecule has 7 heteroatoms. The molecule has 0 amide bonds. The first-order valence-corrected chi connectivity index (χ1v) is 8.33. The second-order valence-electron chi connectivity index (χ2n) is 4.71. The maximum Gasteiger partial charge on any atom is 0.262 e. The van der Waals surface area contributed by atoms with Gasteiger partial charge in [0.25, 0.3) is 10.0 Å². The summed E-state index contributed by atoms with van der Waals surface area (Å²) in [4.78, 5) is 0.00952. The fourth-order valence-electron chi connectivity index (χ4n) is 1.87. The van der Waals surface area contributed by atoms with Crippen LogP contribution in [0, 0.1) is 19.7 Å². The fraction of sp³-hybridized carbons (Fsp3) is 0.143. The predicted octanol–water partition coefficient (Wildman–Crippen LogP) is 3.59. The highest BCUT2D eigenvalue weighted by Gasteiger charge is 2.20. The predicted molar refractivity (Wildman–Crippen MR) is 85.2 cm³/mol. The van der Waals surface area contributed by atoms with Gasteiger partial charge in [-0.1, -0.05) is 22.0 Å². The summed E-state index contributed by atoms with van der Waals surface area (Å²) in [5.74, 6) is -0.634. The van der Waals surface area contributed by atoms with Crippen molar-refractivity contribution >= 4 is 37.3 Å². The Morgan fingerprint density at radius 3 is 2.52 bits per heavy atom. The smallest absolute Gasteiger partial charge is 0.262 e. The normalized spacial score (nSPS) is 11.4. The molecule has 0 spiro atoms. The number of sulfonamides is 1. The van der Waals surface area contributed by atoms with Gasteiger partial charge in [0.2, 0.25) is 0 Å². The Balaban J connectivity index is 2.51. The minimum Gasteiger partial charge on any atom is -0.398 e. The van der Waals surface area contributed by atoms with Crippen LogP contribution in [-0.2, 0) is 10.0 Å². The van der Waals surface area contributed by atoms with Crippen LogP contribution in [-0.4, -0.2) is 8.42 Å². The van der Waals surface area contributed by atoms with Crippen molar-refractivity contribution in [3.05, 3.63) is 51.7 Å². The molecule has 0 aliphatic rings. The third-order valence-electron chi connectivity index (χ3n) is 3.02. The Kier molecular flexibility index (Phi) is 4.25. The van der Waals surface area contributed by atoms with E-state index in [0.717, 1.165) is 5.56 Å². The van der Waals surface area contributed by atoms with E-state index in [1.54, 1.807) is 26.0 Å². The van der Waals surface area contributed by atoms with Crippen molar-refractivity contribution < 1.29 is 12.8 Å². The van der Waals surface area contributed by atoms with Gasteiger partial charge in [0.15, 0.2) is 0 Å². The van der Waals surface area contributed by atoms with Gasteiger partial charge >= 0.3 is 0 Å². The van der Waals surface area contributed by atoms with Gasteiger partial charge in [-0.3, -0.25) is 4.72 Å². The highest BCUT2D eigenvalue weighted by atomic mass is 79.9. The molecule has 0 aromatic heterocycles. The number of halogens is 2. The number of rotatable bonds is 3. The second-order valence-corrected chi connectivity index (χ2v) is 7.27. The van der Waals surface area contributed by atoms with Crippen molar-refractivity contribution in [2.75, 3.05) is 10.5 Å². The van der Waals surface area contributed by atoms with Gasteiger partial charge in [-0.05, 0) is 49.2 Å². The van der Waals surface area contributed by atoms with Gasteiger partial charge < -0.3 is 5.73 Å². The van der Waals surface area contributed by atoms with Crippen LogP contribution in [0.1, 0.15) is 11.1 Å². The number of benzene rings is 2. The Morgan fingerprint density at radius 1 is 1.19 bits per heavy atom. The summed E-state index contributed by atoms with van der Waals surface area (Å²) in [7, 11) is -3.93. The molecule has 0 atom stereocenters. The molecule has 0 aliphatic carbocycles. The number of anilines is 2. The van der Waals surface area contributed by atoms with E-state index < -0.39 is 15.8 Å². The van der Waals surface area contributed by atoms with Gasteiger partial charge in [-0.25, -0.2) is 12.8 Å². The monoisotopic (exact) mass is 372 g/mol. The summed E-state index contributed by atoms with van der Waals surface area (Å²) in [6, 6.07) is 7.26. The molecule has 0 radical (unpaired) electrons. The van der Waals surface area contributed by atoms with Crippen LogP contribution in [0.5, 0.6) is 0 Å². The van der Waals surface area contributed by atoms with E-state index in [2.05, 4.69) is 20.7 Å². The summed E-state index contributed by atoms with van der Waals surface area (Å²) in [5, 5.41) is 0. The Hall–Kier alpha value is -1.60. The van der Waals surface area contributed by atoms with Gasteiger partial charge in [0.1, 0.15) is 5.82 Å². The summed E-state index contributed by atoms with van der Waals surface area (Å²) in [6.07, 6.45) is 0. The summed E-state index contributed by atoms with van der Waals surface area (Å²) in [6.45, 7) is 3.35. The van der Waals surface area contributed by atoms with Crippen LogP contribution in [0.25, 0.3) is 0 Å².